The van der Waals surface area contributed by atoms with Crippen LogP contribution in [0, 0.1) is 5.92 Å². The third kappa shape index (κ3) is 5.24. The summed E-state index contributed by atoms with van der Waals surface area (Å²) < 4.78 is 0. The molecular weight excluding hydrogens is 332 g/mol. The standard InChI is InChI=1S/C15H19ClN6O2/c1-9(2)8-11(14(23)21-12-5-7-18-22-12)20-15(24)19-10-4-3-6-17-13(10)16/h3-7,9,11H,8H2,1-2H3,(H2,19,20,24)(H2,18,21,22,23). The van der Waals surface area contributed by atoms with Gasteiger partial charge in [0.15, 0.2) is 5.15 Å². The third-order valence-electron chi connectivity index (χ3n) is 3.09. The van der Waals surface area contributed by atoms with Crippen LogP contribution in [0.2, 0.25) is 5.15 Å². The average molecular weight is 351 g/mol. The fourth-order valence-electron chi connectivity index (χ4n) is 2.04. The maximum absolute atomic E-state index is 12.4. The highest BCUT2D eigenvalue weighted by Gasteiger charge is 2.22. The monoisotopic (exact) mass is 350 g/mol. The van der Waals surface area contributed by atoms with Gasteiger partial charge in [0.25, 0.3) is 0 Å². The number of hydrogen-bond donors (Lipinski definition) is 4. The Balaban J connectivity index is 2.00. The lowest BCUT2D eigenvalue weighted by Crippen LogP contribution is -2.46. The molecule has 0 bridgehead atoms. The van der Waals surface area contributed by atoms with Gasteiger partial charge in [-0.15, -0.1) is 0 Å². The molecule has 0 saturated heterocycles. The molecule has 8 nitrogen and oxygen atoms in total. The lowest BCUT2D eigenvalue weighted by atomic mass is 10.0. The van der Waals surface area contributed by atoms with Crippen molar-refractivity contribution in [3.63, 3.8) is 0 Å². The largest absolute Gasteiger partial charge is 0.326 e. The number of nitrogens with zero attached hydrogens (tertiary/aromatic N) is 2. The number of aromatic nitrogens is 3. The van der Waals surface area contributed by atoms with E-state index in [-0.39, 0.29) is 17.0 Å². The zero-order valence-electron chi connectivity index (χ0n) is 13.3. The Hall–Kier alpha value is -2.61. The number of carbonyl (C=O) groups excluding carboxylic acids is 2. The van der Waals surface area contributed by atoms with E-state index < -0.39 is 12.1 Å². The first kappa shape index (κ1) is 17.7. The van der Waals surface area contributed by atoms with Crippen LogP contribution in [0.25, 0.3) is 0 Å². The lowest BCUT2D eigenvalue weighted by Gasteiger charge is -2.20. The second-order valence-electron chi connectivity index (χ2n) is 5.58. The first-order chi connectivity index (χ1) is 11.5. The van der Waals surface area contributed by atoms with E-state index in [9.17, 15) is 9.59 Å². The smallest absolute Gasteiger partial charge is 0.319 e. The molecule has 9 heteroatoms. The number of pyridine rings is 1. The van der Waals surface area contributed by atoms with E-state index in [4.69, 9.17) is 11.6 Å². The van der Waals surface area contributed by atoms with Crippen molar-refractivity contribution in [2.75, 3.05) is 10.6 Å². The second kappa shape index (κ2) is 8.30. The van der Waals surface area contributed by atoms with E-state index in [0.717, 1.165) is 0 Å². The molecule has 4 N–H and O–H groups in total. The highest BCUT2D eigenvalue weighted by atomic mass is 35.5. The van der Waals surface area contributed by atoms with Crippen molar-refractivity contribution in [2.45, 2.75) is 26.3 Å². The number of aromatic amines is 1. The Morgan fingerprint density at radius 3 is 2.67 bits per heavy atom. The highest BCUT2D eigenvalue weighted by Crippen LogP contribution is 2.17. The number of urea groups is 1. The summed E-state index contributed by atoms with van der Waals surface area (Å²) in [6.45, 7) is 3.93. The predicted molar refractivity (Wildman–Crippen MR) is 91.9 cm³/mol. The summed E-state index contributed by atoms with van der Waals surface area (Å²) >= 11 is 5.90. The van der Waals surface area contributed by atoms with Gasteiger partial charge in [0.2, 0.25) is 5.91 Å². The quantitative estimate of drug-likeness (QED) is 0.600. The van der Waals surface area contributed by atoms with Crippen molar-refractivity contribution in [3.8, 4) is 0 Å². The predicted octanol–water partition coefficient (Wildman–Crippen LogP) is 2.63. The fourth-order valence-corrected chi connectivity index (χ4v) is 2.21. The molecule has 0 spiro atoms. The van der Waals surface area contributed by atoms with Crippen LogP contribution < -0.4 is 16.0 Å². The molecule has 2 heterocycles. The van der Waals surface area contributed by atoms with Gasteiger partial charge in [-0.3, -0.25) is 9.89 Å². The molecule has 2 rings (SSSR count). The Bertz CT molecular complexity index is 689. The van der Waals surface area contributed by atoms with Crippen molar-refractivity contribution in [1.29, 1.82) is 0 Å². The minimum Gasteiger partial charge on any atom is -0.326 e. The summed E-state index contributed by atoms with van der Waals surface area (Å²) in [5.74, 6) is 0.344. The summed E-state index contributed by atoms with van der Waals surface area (Å²) in [5, 5.41) is 14.5. The van der Waals surface area contributed by atoms with E-state index in [2.05, 4.69) is 31.1 Å². The molecule has 0 aliphatic heterocycles. The van der Waals surface area contributed by atoms with Crippen molar-refractivity contribution in [2.24, 2.45) is 5.92 Å². The number of halogens is 1. The molecule has 0 fully saturated rings. The maximum atomic E-state index is 12.4. The van der Waals surface area contributed by atoms with Crippen LogP contribution in [-0.4, -0.2) is 33.2 Å². The highest BCUT2D eigenvalue weighted by molar-refractivity contribution is 6.32. The molecular formula is C15H19ClN6O2. The molecule has 0 aromatic carbocycles. The van der Waals surface area contributed by atoms with Gasteiger partial charge in [-0.05, 0) is 24.5 Å². The van der Waals surface area contributed by atoms with Crippen molar-refractivity contribution in [1.82, 2.24) is 20.5 Å². The first-order valence-electron chi connectivity index (χ1n) is 7.44. The number of rotatable bonds is 6. The van der Waals surface area contributed by atoms with Crippen LogP contribution in [0.15, 0.2) is 30.6 Å². The van der Waals surface area contributed by atoms with E-state index in [0.29, 0.717) is 17.9 Å². The van der Waals surface area contributed by atoms with Crippen LogP contribution in [0.5, 0.6) is 0 Å². The van der Waals surface area contributed by atoms with E-state index in [1.807, 2.05) is 13.8 Å². The van der Waals surface area contributed by atoms with Crippen LogP contribution in [0.3, 0.4) is 0 Å². The number of H-pyrrole nitrogens is 1. The molecule has 0 aliphatic carbocycles. The average Bonchev–Trinajstić information content (AvgIpc) is 3.01. The molecule has 1 atom stereocenters. The summed E-state index contributed by atoms with van der Waals surface area (Å²) in [6.07, 6.45) is 3.52. The van der Waals surface area contributed by atoms with Crippen molar-refractivity contribution >= 4 is 35.0 Å². The number of carbonyl (C=O) groups is 2. The van der Waals surface area contributed by atoms with Gasteiger partial charge < -0.3 is 16.0 Å². The summed E-state index contributed by atoms with van der Waals surface area (Å²) in [5.41, 5.74) is 0.369. The van der Waals surface area contributed by atoms with Gasteiger partial charge in [-0.1, -0.05) is 25.4 Å². The Kier molecular flexibility index (Phi) is 6.14. The van der Waals surface area contributed by atoms with Gasteiger partial charge in [0.1, 0.15) is 11.9 Å². The Morgan fingerprint density at radius 2 is 2.04 bits per heavy atom. The minimum atomic E-state index is -0.705. The molecule has 128 valence electrons. The van der Waals surface area contributed by atoms with Crippen LogP contribution in [0.1, 0.15) is 20.3 Å². The minimum absolute atomic E-state index is 0.176. The molecule has 0 radical (unpaired) electrons. The van der Waals surface area contributed by atoms with E-state index >= 15 is 0 Å². The van der Waals surface area contributed by atoms with Crippen molar-refractivity contribution in [3.05, 3.63) is 35.7 Å². The normalized spacial score (nSPS) is 11.8. The van der Waals surface area contributed by atoms with Crippen LogP contribution in [-0.2, 0) is 4.79 Å². The van der Waals surface area contributed by atoms with Gasteiger partial charge in [0.05, 0.1) is 11.9 Å². The van der Waals surface area contributed by atoms with Crippen LogP contribution in [0.4, 0.5) is 16.3 Å². The molecule has 1 unspecified atom stereocenters. The topological polar surface area (TPSA) is 112 Å². The molecule has 24 heavy (non-hydrogen) atoms. The van der Waals surface area contributed by atoms with Gasteiger partial charge in [-0.25, -0.2) is 9.78 Å². The first-order valence-corrected chi connectivity index (χ1v) is 7.81. The van der Waals surface area contributed by atoms with Gasteiger partial charge in [-0.2, -0.15) is 5.10 Å². The van der Waals surface area contributed by atoms with Crippen LogP contribution >= 0.6 is 11.6 Å². The van der Waals surface area contributed by atoms with E-state index in [1.165, 1.54) is 12.4 Å². The SMILES string of the molecule is CC(C)CC(NC(=O)Nc1cccnc1Cl)C(=O)Nc1ccn[nH]1. The number of anilines is 2. The third-order valence-corrected chi connectivity index (χ3v) is 3.40. The maximum Gasteiger partial charge on any atom is 0.319 e. The van der Waals surface area contributed by atoms with Crippen molar-refractivity contribution < 1.29 is 9.59 Å². The van der Waals surface area contributed by atoms with Gasteiger partial charge >= 0.3 is 6.03 Å². The summed E-state index contributed by atoms with van der Waals surface area (Å²) in [4.78, 5) is 28.4. The molecule has 0 aliphatic rings. The Morgan fingerprint density at radius 1 is 1.25 bits per heavy atom. The second-order valence-corrected chi connectivity index (χ2v) is 5.94. The molecule has 0 saturated carbocycles. The molecule has 3 amide bonds. The van der Waals surface area contributed by atoms with E-state index in [1.54, 1.807) is 18.2 Å². The number of amides is 3. The zero-order valence-corrected chi connectivity index (χ0v) is 14.1. The molecule has 2 aromatic heterocycles. The zero-order chi connectivity index (χ0) is 17.5. The fraction of sp³-hybridized carbons (Fsp3) is 0.333. The Labute approximate surface area is 144 Å². The summed E-state index contributed by atoms with van der Waals surface area (Å²) in [7, 11) is 0. The summed E-state index contributed by atoms with van der Waals surface area (Å²) in [6, 6.07) is 3.66. The van der Waals surface area contributed by atoms with Gasteiger partial charge in [0, 0.05) is 12.3 Å². The number of hydrogen-bond acceptors (Lipinski definition) is 4. The lowest BCUT2D eigenvalue weighted by molar-refractivity contribution is -0.118. The molecule has 2 aromatic rings. The number of nitrogens with one attached hydrogen (secondary N) is 4.